The Hall–Kier alpha value is -0.870. The molecule has 4 heteroatoms. The van der Waals surface area contributed by atoms with E-state index in [0.29, 0.717) is 0 Å². The van der Waals surface area contributed by atoms with Crippen LogP contribution < -0.4 is 0 Å². The van der Waals surface area contributed by atoms with Crippen molar-refractivity contribution in [3.05, 3.63) is 18.0 Å². The number of aliphatic hydroxyl groups is 1. The second-order valence-electron chi connectivity index (χ2n) is 5.48. The molecule has 2 aliphatic rings. The standard InChI is InChI=1S/C14H22N2O2/c17-13-6-2-1-5-11(13)12-8-9-15-16(12)14-7-3-4-10-18-14/h8-9,11,13-14,17H,1-7,10H2. The minimum Gasteiger partial charge on any atom is -0.392 e. The van der Waals surface area contributed by atoms with Gasteiger partial charge in [0.05, 0.1) is 6.10 Å². The van der Waals surface area contributed by atoms with Crippen molar-refractivity contribution in [1.82, 2.24) is 9.78 Å². The summed E-state index contributed by atoms with van der Waals surface area (Å²) in [6.45, 7) is 0.831. The Morgan fingerprint density at radius 1 is 1.17 bits per heavy atom. The first-order chi connectivity index (χ1) is 8.86. The van der Waals surface area contributed by atoms with Gasteiger partial charge in [0.2, 0.25) is 0 Å². The molecule has 3 atom stereocenters. The maximum Gasteiger partial charge on any atom is 0.150 e. The fourth-order valence-corrected chi connectivity index (χ4v) is 3.23. The van der Waals surface area contributed by atoms with E-state index < -0.39 is 0 Å². The summed E-state index contributed by atoms with van der Waals surface area (Å²) in [5.41, 5.74) is 1.16. The molecule has 2 fully saturated rings. The third-order valence-corrected chi connectivity index (χ3v) is 4.24. The molecular weight excluding hydrogens is 228 g/mol. The second kappa shape index (κ2) is 5.41. The summed E-state index contributed by atoms with van der Waals surface area (Å²) in [7, 11) is 0. The Balaban J connectivity index is 1.81. The molecule has 4 nitrogen and oxygen atoms in total. The van der Waals surface area contributed by atoms with Crippen LogP contribution in [-0.4, -0.2) is 27.6 Å². The van der Waals surface area contributed by atoms with Gasteiger partial charge in [-0.15, -0.1) is 0 Å². The fourth-order valence-electron chi connectivity index (χ4n) is 3.23. The zero-order valence-electron chi connectivity index (χ0n) is 10.8. The van der Waals surface area contributed by atoms with Gasteiger partial charge >= 0.3 is 0 Å². The molecule has 0 radical (unpaired) electrons. The Morgan fingerprint density at radius 2 is 2.00 bits per heavy atom. The molecule has 0 aromatic carbocycles. The largest absolute Gasteiger partial charge is 0.392 e. The van der Waals surface area contributed by atoms with Gasteiger partial charge in [0, 0.05) is 24.4 Å². The lowest BCUT2D eigenvalue weighted by Gasteiger charge is -2.31. The van der Waals surface area contributed by atoms with E-state index in [9.17, 15) is 5.11 Å². The van der Waals surface area contributed by atoms with E-state index in [2.05, 4.69) is 11.2 Å². The molecule has 0 amide bonds. The van der Waals surface area contributed by atoms with Crippen LogP contribution >= 0.6 is 0 Å². The van der Waals surface area contributed by atoms with E-state index in [1.165, 1.54) is 12.8 Å². The molecule has 1 aliphatic carbocycles. The van der Waals surface area contributed by atoms with E-state index in [1.54, 1.807) is 0 Å². The normalized spacial score (nSPS) is 33.5. The molecule has 2 heterocycles. The maximum atomic E-state index is 10.2. The van der Waals surface area contributed by atoms with Gasteiger partial charge in [-0.3, -0.25) is 0 Å². The third-order valence-electron chi connectivity index (χ3n) is 4.24. The van der Waals surface area contributed by atoms with Crippen LogP contribution in [0.2, 0.25) is 0 Å². The molecule has 0 bridgehead atoms. The topological polar surface area (TPSA) is 47.3 Å². The number of hydrogen-bond donors (Lipinski definition) is 1. The number of hydrogen-bond acceptors (Lipinski definition) is 3. The smallest absolute Gasteiger partial charge is 0.150 e. The minimum atomic E-state index is -0.210. The van der Waals surface area contributed by atoms with Gasteiger partial charge in [0.15, 0.2) is 0 Å². The summed E-state index contributed by atoms with van der Waals surface area (Å²) < 4.78 is 7.82. The molecule has 0 spiro atoms. The van der Waals surface area contributed by atoms with Crippen molar-refractivity contribution in [2.75, 3.05) is 6.61 Å². The van der Waals surface area contributed by atoms with Gasteiger partial charge < -0.3 is 9.84 Å². The van der Waals surface area contributed by atoms with Crippen LogP contribution in [0.15, 0.2) is 12.3 Å². The van der Waals surface area contributed by atoms with Crippen molar-refractivity contribution in [2.24, 2.45) is 0 Å². The molecular formula is C14H22N2O2. The van der Waals surface area contributed by atoms with Gasteiger partial charge in [0.1, 0.15) is 6.23 Å². The van der Waals surface area contributed by atoms with Gasteiger partial charge in [0.25, 0.3) is 0 Å². The first kappa shape index (κ1) is 12.2. The van der Waals surface area contributed by atoms with Crippen LogP contribution in [0.5, 0.6) is 0 Å². The van der Waals surface area contributed by atoms with Crippen molar-refractivity contribution >= 4 is 0 Å². The van der Waals surface area contributed by atoms with E-state index in [-0.39, 0.29) is 18.2 Å². The number of ether oxygens (including phenoxy) is 1. The number of aliphatic hydroxyl groups excluding tert-OH is 1. The van der Waals surface area contributed by atoms with E-state index in [4.69, 9.17) is 4.74 Å². The SMILES string of the molecule is OC1CCCCC1c1ccnn1C1CCCCO1. The van der Waals surface area contributed by atoms with Crippen molar-refractivity contribution in [3.8, 4) is 0 Å². The lowest BCUT2D eigenvalue weighted by Crippen LogP contribution is -2.28. The van der Waals surface area contributed by atoms with Crippen molar-refractivity contribution in [2.45, 2.75) is 63.2 Å². The van der Waals surface area contributed by atoms with Crippen molar-refractivity contribution < 1.29 is 9.84 Å². The lowest BCUT2D eigenvalue weighted by molar-refractivity contribution is -0.0434. The van der Waals surface area contributed by atoms with Gasteiger partial charge in [-0.25, -0.2) is 4.68 Å². The molecule has 3 unspecified atom stereocenters. The highest BCUT2D eigenvalue weighted by molar-refractivity contribution is 5.11. The highest BCUT2D eigenvalue weighted by Gasteiger charge is 2.29. The highest BCUT2D eigenvalue weighted by atomic mass is 16.5. The van der Waals surface area contributed by atoms with E-state index in [0.717, 1.165) is 44.4 Å². The average molecular weight is 250 g/mol. The zero-order valence-corrected chi connectivity index (χ0v) is 10.8. The van der Waals surface area contributed by atoms with Crippen molar-refractivity contribution in [1.29, 1.82) is 0 Å². The number of nitrogens with zero attached hydrogens (tertiary/aromatic N) is 2. The summed E-state index contributed by atoms with van der Waals surface area (Å²) in [5.74, 6) is 0.242. The van der Waals surface area contributed by atoms with Crippen LogP contribution in [0.4, 0.5) is 0 Å². The van der Waals surface area contributed by atoms with Crippen LogP contribution in [0.3, 0.4) is 0 Å². The van der Waals surface area contributed by atoms with Crippen LogP contribution in [-0.2, 0) is 4.74 Å². The summed E-state index contributed by atoms with van der Waals surface area (Å²) in [6, 6.07) is 2.05. The molecule has 1 aromatic heterocycles. The Labute approximate surface area is 108 Å². The molecule has 1 aliphatic heterocycles. The summed E-state index contributed by atoms with van der Waals surface area (Å²) in [5, 5.41) is 14.6. The molecule has 1 saturated carbocycles. The molecule has 1 N–H and O–H groups in total. The highest BCUT2D eigenvalue weighted by Crippen LogP contribution is 2.35. The Kier molecular flexibility index (Phi) is 3.66. The summed E-state index contributed by atoms with van der Waals surface area (Å²) in [6.07, 6.45) is 9.45. The quantitative estimate of drug-likeness (QED) is 0.877. The van der Waals surface area contributed by atoms with Gasteiger partial charge in [-0.2, -0.15) is 5.10 Å². The first-order valence-corrected chi connectivity index (χ1v) is 7.19. The number of aromatic nitrogens is 2. The number of rotatable bonds is 2. The van der Waals surface area contributed by atoms with E-state index >= 15 is 0 Å². The maximum absolute atomic E-state index is 10.2. The van der Waals surface area contributed by atoms with Gasteiger partial charge in [-0.1, -0.05) is 12.8 Å². The fraction of sp³-hybridized carbons (Fsp3) is 0.786. The van der Waals surface area contributed by atoms with Crippen LogP contribution in [0, 0.1) is 0 Å². The molecule has 1 aromatic rings. The van der Waals surface area contributed by atoms with Crippen LogP contribution in [0.1, 0.15) is 62.8 Å². The monoisotopic (exact) mass is 250 g/mol. The third kappa shape index (κ3) is 2.31. The first-order valence-electron chi connectivity index (χ1n) is 7.19. The molecule has 18 heavy (non-hydrogen) atoms. The minimum absolute atomic E-state index is 0.0814. The molecule has 1 saturated heterocycles. The Bertz CT molecular complexity index is 385. The summed E-state index contributed by atoms with van der Waals surface area (Å²) >= 11 is 0. The second-order valence-corrected chi connectivity index (χ2v) is 5.48. The van der Waals surface area contributed by atoms with Crippen molar-refractivity contribution in [3.63, 3.8) is 0 Å². The zero-order chi connectivity index (χ0) is 12.4. The predicted molar refractivity (Wildman–Crippen MR) is 68.3 cm³/mol. The average Bonchev–Trinajstić information content (AvgIpc) is 2.89. The molecule has 3 rings (SSSR count). The molecule has 100 valence electrons. The lowest BCUT2D eigenvalue weighted by atomic mass is 9.84. The van der Waals surface area contributed by atoms with Gasteiger partial charge in [-0.05, 0) is 38.2 Å². The predicted octanol–water partition coefficient (Wildman–Crippen LogP) is 2.60. The summed E-state index contributed by atoms with van der Waals surface area (Å²) in [4.78, 5) is 0. The Morgan fingerprint density at radius 3 is 2.78 bits per heavy atom. The van der Waals surface area contributed by atoms with Crippen LogP contribution in [0.25, 0.3) is 0 Å². The van der Waals surface area contributed by atoms with E-state index in [1.807, 2.05) is 10.9 Å².